The van der Waals surface area contributed by atoms with E-state index >= 15 is 0 Å². The van der Waals surface area contributed by atoms with Gasteiger partial charge in [0.05, 0.1) is 25.1 Å². The molecule has 0 radical (unpaired) electrons. The minimum atomic E-state index is -5.59. The molecule has 1 aliphatic rings. The maximum atomic E-state index is 12.7. The summed E-state index contributed by atoms with van der Waals surface area (Å²) in [4.78, 5) is 87.5. The van der Waals surface area contributed by atoms with Gasteiger partial charge in [-0.25, -0.2) is 28.6 Å². The lowest BCUT2D eigenvalue weighted by molar-refractivity contribution is -0.137. The number of nitrogen functional groups attached to an aromatic ring is 1. The summed E-state index contributed by atoms with van der Waals surface area (Å²) in [5, 5.41) is 44.8. The summed E-state index contributed by atoms with van der Waals surface area (Å²) in [5.41, 5.74) is 2.86. The van der Waals surface area contributed by atoms with E-state index in [1.54, 1.807) is 0 Å². The van der Waals surface area contributed by atoms with Crippen LogP contribution in [0.15, 0.2) is 12.7 Å². The first-order chi connectivity index (χ1) is 26.3. The summed E-state index contributed by atoms with van der Waals surface area (Å²) in [5.74, 6) is -1.37. The fourth-order valence-electron chi connectivity index (χ4n) is 4.99. The normalized spacial score (nSPS) is 22.6. The smallest absolute Gasteiger partial charge is 0.396 e. The highest BCUT2D eigenvalue weighted by atomic mass is 32.2. The van der Waals surface area contributed by atoms with E-state index in [4.69, 9.17) is 24.6 Å². The first-order valence-electron chi connectivity index (χ1n) is 16.6. The monoisotopic (exact) mass is 897 g/mol. The first kappa shape index (κ1) is 48.8. The van der Waals surface area contributed by atoms with Gasteiger partial charge in [0, 0.05) is 43.7 Å². The topological polar surface area (TPSA) is 404 Å². The molecule has 0 saturated carbocycles. The van der Waals surface area contributed by atoms with E-state index in [1.165, 1.54) is 20.8 Å². The van der Waals surface area contributed by atoms with Crippen molar-refractivity contribution in [2.45, 2.75) is 76.3 Å². The van der Waals surface area contributed by atoms with Crippen molar-refractivity contribution in [3.05, 3.63) is 12.7 Å². The fraction of sp³-hybridized carbons (Fsp3) is 0.704. The van der Waals surface area contributed by atoms with E-state index in [2.05, 4.69) is 34.4 Å². The molecular formula is C27H46N7O19P3S. The van der Waals surface area contributed by atoms with Gasteiger partial charge < -0.3 is 61.1 Å². The molecule has 1 aliphatic heterocycles. The SMILES string of the molecule is CC(O)(CCO)CC(=O)SCCNC(=O)CCNC(=O)[C@H](O)C(C)(C)COP(=O)(O)OP(=O)(O)OC[C@H]1O[C@@H](n2cnc3c(N)ncnc32)[C@H](O)[C@@H]1OP(=O)(O)O. The van der Waals surface area contributed by atoms with Crippen LogP contribution in [0.2, 0.25) is 0 Å². The van der Waals surface area contributed by atoms with Crippen LogP contribution in [0.25, 0.3) is 11.2 Å². The Hall–Kier alpha value is -2.52. The maximum Gasteiger partial charge on any atom is 0.481 e. The van der Waals surface area contributed by atoms with Crippen molar-refractivity contribution >= 4 is 69.1 Å². The van der Waals surface area contributed by atoms with E-state index in [0.29, 0.717) is 0 Å². The zero-order valence-corrected chi connectivity index (χ0v) is 34.1. The van der Waals surface area contributed by atoms with E-state index in [9.17, 15) is 63.0 Å². The molecule has 324 valence electrons. The molecule has 1 saturated heterocycles. The number of hydrogen-bond acceptors (Lipinski definition) is 20. The molecule has 3 unspecified atom stereocenters. The number of carbonyl (C=O) groups excluding carboxylic acids is 3. The number of aromatic nitrogens is 4. The Morgan fingerprint density at radius 3 is 2.37 bits per heavy atom. The predicted octanol–water partition coefficient (Wildman–Crippen LogP) is -1.81. The molecular weight excluding hydrogens is 851 g/mol. The molecule has 0 aliphatic carbocycles. The van der Waals surface area contributed by atoms with Gasteiger partial charge in [-0.05, 0) is 13.3 Å². The van der Waals surface area contributed by atoms with Gasteiger partial charge in [-0.1, -0.05) is 25.6 Å². The number of phosphoric ester groups is 3. The van der Waals surface area contributed by atoms with Crippen LogP contribution in [0.4, 0.5) is 5.82 Å². The number of aliphatic hydroxyl groups is 4. The van der Waals surface area contributed by atoms with Crippen molar-refractivity contribution in [2.75, 3.05) is 44.4 Å². The Kier molecular flexibility index (Phi) is 17.3. The zero-order chi connectivity index (χ0) is 43.0. The van der Waals surface area contributed by atoms with Crippen molar-refractivity contribution in [3.8, 4) is 0 Å². The number of nitrogens with one attached hydrogen (secondary N) is 2. The second-order valence-electron chi connectivity index (χ2n) is 13.4. The molecule has 30 heteroatoms. The van der Waals surface area contributed by atoms with Gasteiger partial charge in [0.2, 0.25) is 11.8 Å². The highest BCUT2D eigenvalue weighted by Crippen LogP contribution is 2.61. The van der Waals surface area contributed by atoms with Gasteiger partial charge in [0.15, 0.2) is 22.8 Å². The summed E-state index contributed by atoms with van der Waals surface area (Å²) < 4.78 is 62.0. The summed E-state index contributed by atoms with van der Waals surface area (Å²) in [7, 11) is -16.4. The van der Waals surface area contributed by atoms with Crippen LogP contribution in [-0.2, 0) is 50.7 Å². The van der Waals surface area contributed by atoms with E-state index < -0.39 is 90.2 Å². The van der Waals surface area contributed by atoms with Crippen LogP contribution in [0.5, 0.6) is 0 Å². The predicted molar refractivity (Wildman–Crippen MR) is 194 cm³/mol. The molecule has 57 heavy (non-hydrogen) atoms. The number of phosphoric acid groups is 3. The Bertz CT molecular complexity index is 1870. The van der Waals surface area contributed by atoms with Crippen molar-refractivity contribution < 1.29 is 90.7 Å². The van der Waals surface area contributed by atoms with Crippen molar-refractivity contribution in [2.24, 2.45) is 5.41 Å². The number of amides is 2. The van der Waals surface area contributed by atoms with Crippen LogP contribution < -0.4 is 16.4 Å². The van der Waals surface area contributed by atoms with Crippen LogP contribution in [-0.4, -0.2) is 145 Å². The number of nitrogens with zero attached hydrogens (tertiary/aromatic N) is 4. The lowest BCUT2D eigenvalue weighted by Crippen LogP contribution is -2.46. The average Bonchev–Trinajstić information content (AvgIpc) is 3.64. The molecule has 0 aromatic carbocycles. The van der Waals surface area contributed by atoms with Crippen molar-refractivity contribution in [1.29, 1.82) is 0 Å². The van der Waals surface area contributed by atoms with Crippen LogP contribution in [0.3, 0.4) is 0 Å². The van der Waals surface area contributed by atoms with Crippen molar-refractivity contribution in [3.63, 3.8) is 0 Å². The van der Waals surface area contributed by atoms with E-state index in [-0.39, 0.29) is 66.8 Å². The third-order valence-corrected chi connectivity index (χ3v) is 11.9. The second-order valence-corrected chi connectivity index (χ2v) is 18.8. The number of hydrogen-bond donors (Lipinski definition) is 11. The number of aliphatic hydroxyl groups excluding tert-OH is 3. The molecule has 8 atom stereocenters. The standard InChI is InChI=1S/C27H46N7O19P3S/c1-26(2,21(39)24(40)30-6-4-16(36)29-7-9-57-17(37)10-27(3,41)5-8-35)12-50-56(47,48)53-55(45,46)49-11-15-20(52-54(42,43)44)19(38)25(51-15)34-14-33-18-22(28)31-13-32-23(18)34/h13-15,19-21,25,35,38-39,41H,4-12H2,1-3H3,(H,29,36)(H,30,40)(H,45,46)(H,47,48)(H2,28,31,32)(H2,42,43,44)/t15-,19-,20-,21+,25-,27?/m1/s1. The Morgan fingerprint density at radius 1 is 1.05 bits per heavy atom. The molecule has 1 fully saturated rings. The van der Waals surface area contributed by atoms with Gasteiger partial charge in [0.1, 0.15) is 36.3 Å². The fourth-order valence-corrected chi connectivity index (χ4v) is 8.66. The molecule has 12 N–H and O–H groups in total. The molecule has 3 rings (SSSR count). The molecule has 3 heterocycles. The molecule has 2 aromatic rings. The van der Waals surface area contributed by atoms with Gasteiger partial charge in [0.25, 0.3) is 0 Å². The average molecular weight is 898 g/mol. The third kappa shape index (κ3) is 15.2. The van der Waals surface area contributed by atoms with Gasteiger partial charge >= 0.3 is 23.5 Å². The summed E-state index contributed by atoms with van der Waals surface area (Å²) >= 11 is 0.881. The van der Waals surface area contributed by atoms with E-state index in [0.717, 1.165) is 29.0 Å². The molecule has 2 amide bonds. The highest BCUT2D eigenvalue weighted by molar-refractivity contribution is 8.13. The number of thioether (sulfide) groups is 1. The number of rotatable bonds is 23. The highest BCUT2D eigenvalue weighted by Gasteiger charge is 2.50. The summed E-state index contributed by atoms with van der Waals surface area (Å²) in [6.07, 6.45) is -7.23. The van der Waals surface area contributed by atoms with Gasteiger partial charge in [-0.15, -0.1) is 0 Å². The molecule has 0 bridgehead atoms. The van der Waals surface area contributed by atoms with Gasteiger partial charge in [-0.2, -0.15) is 4.31 Å². The molecule has 0 spiro atoms. The van der Waals surface area contributed by atoms with Crippen LogP contribution in [0, 0.1) is 5.41 Å². The number of anilines is 1. The van der Waals surface area contributed by atoms with Crippen LogP contribution in [0.1, 0.15) is 46.3 Å². The van der Waals surface area contributed by atoms with Crippen LogP contribution >= 0.6 is 35.2 Å². The Labute approximate surface area is 328 Å². The summed E-state index contributed by atoms with van der Waals surface area (Å²) in [6.45, 7) is 1.38. The Morgan fingerprint density at radius 2 is 1.72 bits per heavy atom. The minimum Gasteiger partial charge on any atom is -0.396 e. The number of imidazole rings is 1. The maximum absolute atomic E-state index is 12.7. The number of carbonyl (C=O) groups is 3. The van der Waals surface area contributed by atoms with Crippen molar-refractivity contribution in [1.82, 2.24) is 30.2 Å². The molecule has 26 nitrogen and oxygen atoms in total. The van der Waals surface area contributed by atoms with E-state index in [1.807, 2.05) is 0 Å². The Balaban J connectivity index is 1.47. The number of ether oxygens (including phenoxy) is 1. The largest absolute Gasteiger partial charge is 0.481 e. The number of nitrogens with two attached hydrogens (primary N) is 1. The quantitative estimate of drug-likeness (QED) is 0.0432. The summed E-state index contributed by atoms with van der Waals surface area (Å²) in [6, 6.07) is 0. The molecule has 2 aromatic heterocycles. The second kappa shape index (κ2) is 20.2. The lowest BCUT2D eigenvalue weighted by atomic mass is 9.87. The lowest BCUT2D eigenvalue weighted by Gasteiger charge is -2.30. The minimum absolute atomic E-state index is 0.0213. The first-order valence-corrected chi connectivity index (χ1v) is 22.1. The third-order valence-electron chi connectivity index (χ3n) is 7.94. The zero-order valence-electron chi connectivity index (χ0n) is 30.6. The van der Waals surface area contributed by atoms with Gasteiger partial charge in [-0.3, -0.25) is 32.5 Å². The number of fused-ring (bicyclic) bond motifs is 1.